The molecule has 0 aliphatic heterocycles. The molecule has 1 N–H and O–H groups in total. The monoisotopic (exact) mass is 601 g/mol. The zero-order valence-corrected chi connectivity index (χ0v) is 23.1. The smallest absolute Gasteiger partial charge is 0.244 e. The fourth-order valence-corrected chi connectivity index (χ4v) is 4.52. The molecule has 2 aromatic carbocycles. The Hall–Kier alpha value is -1.91. The van der Waals surface area contributed by atoms with Gasteiger partial charge in [0.25, 0.3) is 0 Å². The second-order valence-electron chi connectivity index (χ2n) is 7.82. The number of amides is 2. The molecule has 10 heteroatoms. The van der Waals surface area contributed by atoms with Crippen LogP contribution in [0, 0.1) is 6.92 Å². The molecule has 0 bridgehead atoms. The van der Waals surface area contributed by atoms with Crippen LogP contribution in [0.5, 0.6) is 0 Å². The largest absolute Gasteiger partial charge is 0.354 e. The molecule has 1 atom stereocenters. The van der Waals surface area contributed by atoms with Crippen molar-refractivity contribution >= 4 is 59.4 Å². The summed E-state index contributed by atoms with van der Waals surface area (Å²) in [6, 6.07) is 11.7. The molecule has 180 valence electrons. The lowest BCUT2D eigenvalue weighted by atomic mass is 10.1. The van der Waals surface area contributed by atoms with Gasteiger partial charge in [-0.05, 0) is 61.7 Å². The van der Waals surface area contributed by atoms with E-state index in [2.05, 4.69) is 37.2 Å². The number of aryl methyl sites for hydroxylation is 1. The zero-order valence-electron chi connectivity index (χ0n) is 19.1. The molecule has 0 aliphatic carbocycles. The lowest BCUT2D eigenvalue weighted by molar-refractivity contribution is -0.139. The van der Waals surface area contributed by atoms with Gasteiger partial charge in [0.1, 0.15) is 12.6 Å². The van der Waals surface area contributed by atoms with Crippen molar-refractivity contribution < 1.29 is 18.0 Å². The van der Waals surface area contributed by atoms with Crippen LogP contribution in [0.2, 0.25) is 0 Å². The summed E-state index contributed by atoms with van der Waals surface area (Å²) in [4.78, 5) is 27.5. The van der Waals surface area contributed by atoms with E-state index in [1.807, 2.05) is 38.1 Å². The Morgan fingerprint density at radius 2 is 1.73 bits per heavy atom. The third-order valence-electron chi connectivity index (χ3n) is 5.09. The van der Waals surface area contributed by atoms with Crippen LogP contribution in [0.4, 0.5) is 5.69 Å². The Kier molecular flexibility index (Phi) is 9.93. The maximum atomic E-state index is 13.4. The highest BCUT2D eigenvalue weighted by Crippen LogP contribution is 2.25. The van der Waals surface area contributed by atoms with E-state index < -0.39 is 28.5 Å². The van der Waals surface area contributed by atoms with E-state index in [9.17, 15) is 18.0 Å². The lowest BCUT2D eigenvalue weighted by Gasteiger charge is -2.31. The number of hydrogen-bond acceptors (Lipinski definition) is 4. The molecular formula is C23H29Br2N3O4S. The molecule has 2 aromatic rings. The number of benzene rings is 2. The zero-order chi connectivity index (χ0) is 24.8. The second kappa shape index (κ2) is 12.0. The van der Waals surface area contributed by atoms with Crippen LogP contribution in [-0.4, -0.2) is 50.5 Å². The molecule has 0 heterocycles. The van der Waals surface area contributed by atoms with Gasteiger partial charge in [-0.15, -0.1) is 0 Å². The number of hydrogen-bond donors (Lipinski definition) is 1. The van der Waals surface area contributed by atoms with E-state index in [1.54, 1.807) is 25.1 Å². The van der Waals surface area contributed by atoms with Crippen molar-refractivity contribution in [3.05, 3.63) is 62.5 Å². The molecule has 7 nitrogen and oxygen atoms in total. The van der Waals surface area contributed by atoms with E-state index in [0.29, 0.717) is 12.2 Å². The van der Waals surface area contributed by atoms with Crippen LogP contribution in [-0.2, 0) is 26.2 Å². The first-order chi connectivity index (χ1) is 15.4. The standard InChI is InChI=1S/C23H29Br2N3O4S/c1-5-12-26-23(30)17(3)27(14-18-6-8-19(24)9-7-18)22(29)15-28(33(4,31)32)20-10-11-21(25)16(2)13-20/h6-11,13,17H,5,12,14-15H2,1-4H3,(H,26,30). The van der Waals surface area contributed by atoms with Crippen molar-refractivity contribution in [3.63, 3.8) is 0 Å². The molecule has 1 unspecified atom stereocenters. The third kappa shape index (κ3) is 7.82. The van der Waals surface area contributed by atoms with Gasteiger partial charge < -0.3 is 10.2 Å². The van der Waals surface area contributed by atoms with Crippen LogP contribution in [0.25, 0.3) is 0 Å². The molecule has 0 fully saturated rings. The minimum absolute atomic E-state index is 0.170. The number of nitrogens with one attached hydrogen (secondary N) is 1. The Bertz CT molecular complexity index is 1090. The van der Waals surface area contributed by atoms with Crippen LogP contribution in [0.15, 0.2) is 51.4 Å². The highest BCUT2D eigenvalue weighted by atomic mass is 79.9. The van der Waals surface area contributed by atoms with Crippen molar-refractivity contribution in [2.45, 2.75) is 39.8 Å². The third-order valence-corrected chi connectivity index (χ3v) is 7.65. The number of carbonyl (C=O) groups excluding carboxylic acids is 2. The normalized spacial score (nSPS) is 12.2. The lowest BCUT2D eigenvalue weighted by Crippen LogP contribution is -2.51. The maximum Gasteiger partial charge on any atom is 0.244 e. The molecule has 0 radical (unpaired) electrons. The minimum Gasteiger partial charge on any atom is -0.354 e. The fourth-order valence-electron chi connectivity index (χ4n) is 3.16. The van der Waals surface area contributed by atoms with Gasteiger partial charge in [-0.3, -0.25) is 13.9 Å². The highest BCUT2D eigenvalue weighted by Gasteiger charge is 2.30. The second-order valence-corrected chi connectivity index (χ2v) is 11.5. The molecule has 2 rings (SSSR count). The van der Waals surface area contributed by atoms with Crippen molar-refractivity contribution in [2.75, 3.05) is 23.7 Å². The molecule has 33 heavy (non-hydrogen) atoms. The molecular weight excluding hydrogens is 574 g/mol. The summed E-state index contributed by atoms with van der Waals surface area (Å²) in [5.41, 5.74) is 2.05. The Morgan fingerprint density at radius 3 is 2.27 bits per heavy atom. The van der Waals surface area contributed by atoms with Crippen LogP contribution in [0.1, 0.15) is 31.4 Å². The summed E-state index contributed by atoms with van der Waals surface area (Å²) in [6.45, 7) is 5.69. The summed E-state index contributed by atoms with van der Waals surface area (Å²) in [5, 5.41) is 2.81. The van der Waals surface area contributed by atoms with E-state index in [-0.39, 0.29) is 12.5 Å². The van der Waals surface area contributed by atoms with Crippen molar-refractivity contribution in [2.24, 2.45) is 0 Å². The average Bonchev–Trinajstić information content (AvgIpc) is 2.76. The summed E-state index contributed by atoms with van der Waals surface area (Å²) in [6.07, 6.45) is 1.83. The van der Waals surface area contributed by atoms with Gasteiger partial charge in [-0.1, -0.05) is 50.9 Å². The highest BCUT2D eigenvalue weighted by molar-refractivity contribution is 9.10. The van der Waals surface area contributed by atoms with Gasteiger partial charge >= 0.3 is 0 Å². The molecule has 0 saturated heterocycles. The quantitative estimate of drug-likeness (QED) is 0.441. The number of nitrogens with zero attached hydrogens (tertiary/aromatic N) is 2. The van der Waals surface area contributed by atoms with E-state index in [4.69, 9.17) is 0 Å². The predicted octanol–water partition coefficient (Wildman–Crippen LogP) is 4.23. The van der Waals surface area contributed by atoms with Crippen LogP contribution < -0.4 is 9.62 Å². The van der Waals surface area contributed by atoms with Crippen molar-refractivity contribution in [1.29, 1.82) is 0 Å². The topological polar surface area (TPSA) is 86.8 Å². The fraction of sp³-hybridized carbons (Fsp3) is 0.391. The number of carbonyl (C=O) groups is 2. The first kappa shape index (κ1) is 27.3. The van der Waals surface area contributed by atoms with E-state index >= 15 is 0 Å². The first-order valence-electron chi connectivity index (χ1n) is 10.5. The van der Waals surface area contributed by atoms with Crippen LogP contribution in [0.3, 0.4) is 0 Å². The van der Waals surface area contributed by atoms with E-state index in [1.165, 1.54) is 4.90 Å². The Labute approximate surface area is 212 Å². The molecule has 0 aliphatic rings. The maximum absolute atomic E-state index is 13.4. The SMILES string of the molecule is CCCNC(=O)C(C)N(Cc1ccc(Br)cc1)C(=O)CN(c1ccc(Br)c(C)c1)S(C)(=O)=O. The predicted molar refractivity (Wildman–Crippen MR) is 139 cm³/mol. The van der Waals surface area contributed by atoms with Gasteiger partial charge in [0, 0.05) is 22.0 Å². The Morgan fingerprint density at radius 1 is 1.09 bits per heavy atom. The number of halogens is 2. The summed E-state index contributed by atoms with van der Waals surface area (Å²) < 4.78 is 28.0. The van der Waals surface area contributed by atoms with Gasteiger partial charge in [0.15, 0.2) is 0 Å². The van der Waals surface area contributed by atoms with Gasteiger partial charge in [-0.25, -0.2) is 8.42 Å². The van der Waals surface area contributed by atoms with Crippen molar-refractivity contribution in [1.82, 2.24) is 10.2 Å². The van der Waals surface area contributed by atoms with Gasteiger partial charge in [0.05, 0.1) is 11.9 Å². The first-order valence-corrected chi connectivity index (χ1v) is 13.9. The van der Waals surface area contributed by atoms with Gasteiger partial charge in [-0.2, -0.15) is 0 Å². The molecule has 0 aromatic heterocycles. The van der Waals surface area contributed by atoms with E-state index in [0.717, 1.165) is 37.1 Å². The molecule has 0 saturated carbocycles. The number of rotatable bonds is 10. The Balaban J connectivity index is 2.38. The van der Waals surface area contributed by atoms with Gasteiger partial charge in [0.2, 0.25) is 21.8 Å². The molecule has 2 amide bonds. The number of anilines is 1. The van der Waals surface area contributed by atoms with Crippen LogP contribution >= 0.6 is 31.9 Å². The number of sulfonamides is 1. The molecule has 0 spiro atoms. The van der Waals surface area contributed by atoms with Crippen molar-refractivity contribution in [3.8, 4) is 0 Å². The summed E-state index contributed by atoms with van der Waals surface area (Å²) in [5.74, 6) is -0.754. The summed E-state index contributed by atoms with van der Waals surface area (Å²) >= 11 is 6.80. The average molecular weight is 603 g/mol. The minimum atomic E-state index is -3.75. The summed E-state index contributed by atoms with van der Waals surface area (Å²) in [7, 11) is -3.75.